The Balaban J connectivity index is 2.08. The molecule has 2 aromatic rings. The summed E-state index contributed by atoms with van der Waals surface area (Å²) in [7, 11) is 0. The number of aryl methyl sites for hydroxylation is 1. The predicted molar refractivity (Wildman–Crippen MR) is 74.8 cm³/mol. The van der Waals surface area contributed by atoms with E-state index in [1.165, 1.54) is 0 Å². The fourth-order valence-corrected chi connectivity index (χ4v) is 2.18. The Morgan fingerprint density at radius 2 is 2.11 bits per heavy atom. The largest absolute Gasteiger partial charge is 0.441 e. The highest BCUT2D eigenvalue weighted by Gasteiger charge is 2.18. The molecule has 3 nitrogen and oxygen atoms in total. The molecule has 98 valence electrons. The first-order valence-corrected chi connectivity index (χ1v) is 6.63. The first kappa shape index (κ1) is 13.4. The van der Waals surface area contributed by atoms with E-state index >= 15 is 0 Å². The molecule has 0 radical (unpaired) electrons. The lowest BCUT2D eigenvalue weighted by atomic mass is 9.84. The van der Waals surface area contributed by atoms with Crippen LogP contribution >= 0.6 is 11.6 Å². The van der Waals surface area contributed by atoms with Crippen LogP contribution in [0.25, 0.3) is 11.1 Å². The number of oxazole rings is 1. The zero-order chi connectivity index (χ0) is 13.2. The maximum atomic E-state index is 5.92. The molecule has 0 saturated heterocycles. The zero-order valence-corrected chi connectivity index (χ0v) is 11.6. The molecule has 1 aromatic heterocycles. The fraction of sp³-hybridized carbons (Fsp3) is 0.500. The van der Waals surface area contributed by atoms with E-state index in [0.717, 1.165) is 42.8 Å². The molecule has 0 aliphatic rings. The van der Waals surface area contributed by atoms with Gasteiger partial charge in [0, 0.05) is 11.4 Å². The van der Waals surface area contributed by atoms with E-state index in [4.69, 9.17) is 21.8 Å². The van der Waals surface area contributed by atoms with Gasteiger partial charge in [0.1, 0.15) is 5.52 Å². The van der Waals surface area contributed by atoms with Crippen molar-refractivity contribution in [2.24, 2.45) is 11.1 Å². The Labute approximate surface area is 112 Å². The van der Waals surface area contributed by atoms with Crippen LogP contribution in [0.3, 0.4) is 0 Å². The number of hydrogen-bond donors (Lipinski definition) is 1. The summed E-state index contributed by atoms with van der Waals surface area (Å²) >= 11 is 5.92. The summed E-state index contributed by atoms with van der Waals surface area (Å²) in [6.07, 6.45) is 2.86. The molecule has 2 rings (SSSR count). The van der Waals surface area contributed by atoms with Crippen molar-refractivity contribution in [3.63, 3.8) is 0 Å². The Bertz CT molecular complexity index is 534. The first-order valence-electron chi connectivity index (χ1n) is 6.25. The van der Waals surface area contributed by atoms with E-state index < -0.39 is 0 Å². The minimum Gasteiger partial charge on any atom is -0.441 e. The lowest BCUT2D eigenvalue weighted by Crippen LogP contribution is -2.17. The minimum absolute atomic E-state index is 0.229. The predicted octanol–water partition coefficient (Wildman–Crippen LogP) is 3.79. The molecule has 18 heavy (non-hydrogen) atoms. The first-order chi connectivity index (χ1) is 8.50. The van der Waals surface area contributed by atoms with Gasteiger partial charge in [-0.05, 0) is 43.0 Å². The summed E-state index contributed by atoms with van der Waals surface area (Å²) in [5, 5.41) is 0.686. The Kier molecular flexibility index (Phi) is 3.93. The van der Waals surface area contributed by atoms with Gasteiger partial charge in [-0.3, -0.25) is 0 Å². The zero-order valence-electron chi connectivity index (χ0n) is 10.9. The van der Waals surface area contributed by atoms with Crippen LogP contribution in [0.5, 0.6) is 0 Å². The molecule has 0 spiro atoms. The minimum atomic E-state index is 0.229. The van der Waals surface area contributed by atoms with Gasteiger partial charge < -0.3 is 10.2 Å². The number of benzene rings is 1. The molecule has 0 fully saturated rings. The van der Waals surface area contributed by atoms with Gasteiger partial charge in [0.2, 0.25) is 0 Å². The lowest BCUT2D eigenvalue weighted by Gasteiger charge is -2.22. The topological polar surface area (TPSA) is 52.0 Å². The van der Waals surface area contributed by atoms with Gasteiger partial charge in [-0.1, -0.05) is 25.4 Å². The van der Waals surface area contributed by atoms with Gasteiger partial charge in [0.25, 0.3) is 0 Å². The monoisotopic (exact) mass is 266 g/mol. The number of nitrogens with zero attached hydrogens (tertiary/aromatic N) is 1. The molecule has 4 heteroatoms. The lowest BCUT2D eigenvalue weighted by molar-refractivity contribution is 0.302. The van der Waals surface area contributed by atoms with Crippen LogP contribution < -0.4 is 5.73 Å². The number of fused-ring (bicyclic) bond motifs is 1. The standard InChI is InChI=1S/C14H19ClN2O/c1-14(2,7-8-16)6-5-13-17-11-9-10(15)3-4-12(11)18-13/h3-4,9H,5-8,16H2,1-2H3. The Morgan fingerprint density at radius 3 is 2.83 bits per heavy atom. The molecule has 1 heterocycles. The quantitative estimate of drug-likeness (QED) is 0.896. The number of halogens is 1. The second-order valence-electron chi connectivity index (χ2n) is 5.42. The van der Waals surface area contributed by atoms with Gasteiger partial charge in [-0.25, -0.2) is 4.98 Å². The van der Waals surface area contributed by atoms with Crippen LogP contribution in [-0.2, 0) is 6.42 Å². The molecule has 1 aromatic carbocycles. The van der Waals surface area contributed by atoms with Crippen molar-refractivity contribution in [2.75, 3.05) is 6.54 Å². The third kappa shape index (κ3) is 3.24. The van der Waals surface area contributed by atoms with Crippen molar-refractivity contribution in [2.45, 2.75) is 33.1 Å². The Morgan fingerprint density at radius 1 is 1.33 bits per heavy atom. The van der Waals surface area contributed by atoms with Crippen molar-refractivity contribution in [1.82, 2.24) is 4.98 Å². The second kappa shape index (κ2) is 5.29. The molecule has 2 N–H and O–H groups in total. The van der Waals surface area contributed by atoms with Gasteiger partial charge in [0.05, 0.1) is 0 Å². The van der Waals surface area contributed by atoms with E-state index in [0.29, 0.717) is 5.02 Å². The van der Waals surface area contributed by atoms with Gasteiger partial charge in [-0.2, -0.15) is 0 Å². The van der Waals surface area contributed by atoms with E-state index in [1.54, 1.807) is 0 Å². The third-order valence-corrected chi connectivity index (χ3v) is 3.47. The Hall–Kier alpha value is -1.06. The van der Waals surface area contributed by atoms with Crippen molar-refractivity contribution >= 4 is 22.7 Å². The molecule has 0 aliphatic heterocycles. The van der Waals surface area contributed by atoms with Crippen LogP contribution in [0, 0.1) is 5.41 Å². The number of aromatic nitrogens is 1. The SMILES string of the molecule is CC(C)(CCN)CCc1nc2cc(Cl)ccc2o1. The van der Waals surface area contributed by atoms with Crippen molar-refractivity contribution < 1.29 is 4.42 Å². The van der Waals surface area contributed by atoms with E-state index in [2.05, 4.69) is 18.8 Å². The molecule has 0 unspecified atom stereocenters. The molecule has 0 saturated carbocycles. The van der Waals surface area contributed by atoms with E-state index in [1.807, 2.05) is 18.2 Å². The van der Waals surface area contributed by atoms with Gasteiger partial charge in [0.15, 0.2) is 11.5 Å². The number of hydrogen-bond acceptors (Lipinski definition) is 3. The summed E-state index contributed by atoms with van der Waals surface area (Å²) in [5.41, 5.74) is 7.46. The molecular weight excluding hydrogens is 248 g/mol. The fourth-order valence-electron chi connectivity index (χ4n) is 2.02. The third-order valence-electron chi connectivity index (χ3n) is 3.23. The molecular formula is C14H19ClN2O. The van der Waals surface area contributed by atoms with Crippen molar-refractivity contribution in [3.8, 4) is 0 Å². The summed E-state index contributed by atoms with van der Waals surface area (Å²) in [6.45, 7) is 5.16. The van der Waals surface area contributed by atoms with Crippen molar-refractivity contribution in [1.29, 1.82) is 0 Å². The van der Waals surface area contributed by atoms with E-state index in [9.17, 15) is 0 Å². The summed E-state index contributed by atoms with van der Waals surface area (Å²) in [6, 6.07) is 5.51. The summed E-state index contributed by atoms with van der Waals surface area (Å²) in [5.74, 6) is 0.775. The highest BCUT2D eigenvalue weighted by Crippen LogP contribution is 2.27. The normalized spacial score (nSPS) is 12.2. The molecule has 0 bridgehead atoms. The maximum Gasteiger partial charge on any atom is 0.195 e. The van der Waals surface area contributed by atoms with Crippen LogP contribution in [0.4, 0.5) is 0 Å². The average molecular weight is 267 g/mol. The van der Waals surface area contributed by atoms with Crippen LogP contribution in [0.1, 0.15) is 32.6 Å². The highest BCUT2D eigenvalue weighted by atomic mass is 35.5. The highest BCUT2D eigenvalue weighted by molar-refractivity contribution is 6.31. The summed E-state index contributed by atoms with van der Waals surface area (Å²) < 4.78 is 5.70. The number of nitrogens with two attached hydrogens (primary N) is 1. The average Bonchev–Trinajstić information content (AvgIpc) is 2.68. The van der Waals surface area contributed by atoms with Crippen LogP contribution in [-0.4, -0.2) is 11.5 Å². The van der Waals surface area contributed by atoms with E-state index in [-0.39, 0.29) is 5.41 Å². The van der Waals surface area contributed by atoms with Crippen LogP contribution in [0.15, 0.2) is 22.6 Å². The molecule has 0 aliphatic carbocycles. The molecule has 0 amide bonds. The number of rotatable bonds is 5. The smallest absolute Gasteiger partial charge is 0.195 e. The van der Waals surface area contributed by atoms with Gasteiger partial charge in [-0.15, -0.1) is 0 Å². The summed E-state index contributed by atoms with van der Waals surface area (Å²) in [4.78, 5) is 4.45. The van der Waals surface area contributed by atoms with Crippen LogP contribution in [0.2, 0.25) is 5.02 Å². The van der Waals surface area contributed by atoms with Gasteiger partial charge >= 0.3 is 0 Å². The molecule has 0 atom stereocenters. The van der Waals surface area contributed by atoms with Crippen molar-refractivity contribution in [3.05, 3.63) is 29.1 Å². The maximum absolute atomic E-state index is 5.92. The second-order valence-corrected chi connectivity index (χ2v) is 5.86.